The molecular formula is C30H28N4O2. The van der Waals surface area contributed by atoms with Gasteiger partial charge in [-0.2, -0.15) is 5.10 Å². The summed E-state index contributed by atoms with van der Waals surface area (Å²) < 4.78 is 6.93. The average Bonchev–Trinajstić information content (AvgIpc) is 3.31. The zero-order chi connectivity index (χ0) is 25.1. The van der Waals surface area contributed by atoms with Gasteiger partial charge < -0.3 is 10.1 Å². The third-order valence-corrected chi connectivity index (χ3v) is 6.38. The van der Waals surface area contributed by atoms with Crippen LogP contribution in [-0.4, -0.2) is 27.8 Å². The molecule has 0 aliphatic heterocycles. The summed E-state index contributed by atoms with van der Waals surface area (Å²) in [5, 5.41) is 8.13. The van der Waals surface area contributed by atoms with Crippen molar-refractivity contribution in [2.24, 2.45) is 7.05 Å². The summed E-state index contributed by atoms with van der Waals surface area (Å²) >= 11 is 0. The predicted octanol–water partition coefficient (Wildman–Crippen LogP) is 5.99. The first-order valence-electron chi connectivity index (χ1n) is 11.9. The SMILES string of the molecule is COc1ccc(CCc2ccc3nc(-c4ccccc4)c(C)c(C(=O)Nc4ccn(C)n4)c3c2)cc1. The van der Waals surface area contributed by atoms with Crippen molar-refractivity contribution in [2.45, 2.75) is 19.8 Å². The van der Waals surface area contributed by atoms with E-state index < -0.39 is 0 Å². The Balaban J connectivity index is 1.54. The minimum absolute atomic E-state index is 0.192. The number of nitrogens with zero attached hydrogens (tertiary/aromatic N) is 3. The molecule has 2 aromatic heterocycles. The normalized spacial score (nSPS) is 11.0. The van der Waals surface area contributed by atoms with Crippen molar-refractivity contribution in [1.29, 1.82) is 0 Å². The van der Waals surface area contributed by atoms with Crippen LogP contribution in [0.25, 0.3) is 22.2 Å². The van der Waals surface area contributed by atoms with Crippen LogP contribution in [-0.2, 0) is 19.9 Å². The second-order valence-electron chi connectivity index (χ2n) is 8.85. The van der Waals surface area contributed by atoms with E-state index in [4.69, 9.17) is 9.72 Å². The Morgan fingerprint density at radius 3 is 2.36 bits per heavy atom. The topological polar surface area (TPSA) is 69.0 Å². The molecule has 0 aliphatic carbocycles. The Hall–Kier alpha value is -4.45. The summed E-state index contributed by atoms with van der Waals surface area (Å²) in [6, 6.07) is 26.1. The van der Waals surface area contributed by atoms with Crippen LogP contribution in [0.5, 0.6) is 5.75 Å². The maximum absolute atomic E-state index is 13.6. The fraction of sp³-hybridized carbons (Fsp3) is 0.167. The lowest BCUT2D eigenvalue weighted by atomic mass is 9.95. The number of aryl methyl sites for hydroxylation is 3. The number of fused-ring (bicyclic) bond motifs is 1. The van der Waals surface area contributed by atoms with Crippen molar-refractivity contribution in [2.75, 3.05) is 12.4 Å². The standard InChI is InChI=1S/C30H28N4O2/c1-20-28(30(35)32-27-17-18-34(2)33-27)25-19-22(10-9-21-11-14-24(36-3)15-12-21)13-16-26(25)31-29(20)23-7-5-4-6-8-23/h4-8,11-19H,9-10H2,1-3H3,(H,32,33,35). The summed E-state index contributed by atoms with van der Waals surface area (Å²) in [5.74, 6) is 1.18. The van der Waals surface area contributed by atoms with Crippen LogP contribution in [0.3, 0.4) is 0 Å². The van der Waals surface area contributed by atoms with Gasteiger partial charge >= 0.3 is 0 Å². The van der Waals surface area contributed by atoms with Crippen molar-refractivity contribution in [3.63, 3.8) is 0 Å². The molecule has 36 heavy (non-hydrogen) atoms. The van der Waals surface area contributed by atoms with E-state index in [0.717, 1.165) is 51.9 Å². The van der Waals surface area contributed by atoms with Crippen LogP contribution in [0.15, 0.2) is 85.1 Å². The first-order chi connectivity index (χ1) is 17.5. The molecule has 0 spiro atoms. The van der Waals surface area contributed by atoms with Crippen molar-refractivity contribution >= 4 is 22.6 Å². The Labute approximate surface area is 210 Å². The van der Waals surface area contributed by atoms with Gasteiger partial charge in [0.2, 0.25) is 0 Å². The van der Waals surface area contributed by atoms with E-state index in [-0.39, 0.29) is 5.91 Å². The highest BCUT2D eigenvalue weighted by molar-refractivity contribution is 6.14. The zero-order valence-electron chi connectivity index (χ0n) is 20.7. The van der Waals surface area contributed by atoms with Gasteiger partial charge in [-0.3, -0.25) is 9.48 Å². The second kappa shape index (κ2) is 10.0. The first-order valence-corrected chi connectivity index (χ1v) is 11.9. The highest BCUT2D eigenvalue weighted by Gasteiger charge is 2.20. The fourth-order valence-electron chi connectivity index (χ4n) is 4.47. The number of nitrogens with one attached hydrogen (secondary N) is 1. The molecule has 0 aliphatic rings. The smallest absolute Gasteiger partial charge is 0.257 e. The third kappa shape index (κ3) is 4.84. The molecule has 1 N–H and O–H groups in total. The minimum atomic E-state index is -0.192. The van der Waals surface area contributed by atoms with Gasteiger partial charge in [0.15, 0.2) is 5.82 Å². The van der Waals surface area contributed by atoms with Gasteiger partial charge in [-0.1, -0.05) is 48.5 Å². The number of anilines is 1. The summed E-state index contributed by atoms with van der Waals surface area (Å²) in [4.78, 5) is 18.6. The highest BCUT2D eigenvalue weighted by Crippen LogP contribution is 2.31. The van der Waals surface area contributed by atoms with E-state index in [1.54, 1.807) is 24.1 Å². The van der Waals surface area contributed by atoms with Gasteiger partial charge in [-0.05, 0) is 60.7 Å². The van der Waals surface area contributed by atoms with Crippen LogP contribution in [0, 0.1) is 6.92 Å². The number of carbonyl (C=O) groups excluding carboxylic acids is 1. The lowest BCUT2D eigenvalue weighted by Crippen LogP contribution is -2.16. The molecule has 6 heteroatoms. The molecule has 1 amide bonds. The number of hydrogen-bond donors (Lipinski definition) is 1. The Bertz CT molecular complexity index is 1520. The Morgan fingerprint density at radius 2 is 1.67 bits per heavy atom. The average molecular weight is 477 g/mol. The summed E-state index contributed by atoms with van der Waals surface area (Å²) in [6.07, 6.45) is 3.54. The van der Waals surface area contributed by atoms with E-state index in [1.807, 2.05) is 62.5 Å². The number of pyridine rings is 1. The molecule has 0 atom stereocenters. The quantitative estimate of drug-likeness (QED) is 0.313. The Kier molecular flexibility index (Phi) is 6.50. The lowest BCUT2D eigenvalue weighted by molar-refractivity contribution is 0.102. The van der Waals surface area contributed by atoms with Crippen LogP contribution in [0.1, 0.15) is 27.0 Å². The van der Waals surface area contributed by atoms with Crippen LogP contribution in [0.2, 0.25) is 0 Å². The minimum Gasteiger partial charge on any atom is -0.497 e. The molecule has 0 saturated heterocycles. The molecule has 0 radical (unpaired) electrons. The monoisotopic (exact) mass is 476 g/mol. The summed E-state index contributed by atoms with van der Waals surface area (Å²) in [7, 11) is 3.50. The number of methoxy groups -OCH3 is 1. The van der Waals surface area contributed by atoms with E-state index in [2.05, 4.69) is 34.7 Å². The number of benzene rings is 3. The predicted molar refractivity (Wildman–Crippen MR) is 143 cm³/mol. The van der Waals surface area contributed by atoms with E-state index in [9.17, 15) is 4.79 Å². The van der Waals surface area contributed by atoms with Gasteiger partial charge in [0.25, 0.3) is 5.91 Å². The summed E-state index contributed by atoms with van der Waals surface area (Å²) in [6.45, 7) is 1.96. The summed E-state index contributed by atoms with van der Waals surface area (Å²) in [5.41, 5.74) is 6.42. The van der Waals surface area contributed by atoms with E-state index >= 15 is 0 Å². The lowest BCUT2D eigenvalue weighted by Gasteiger charge is -2.15. The van der Waals surface area contributed by atoms with Crippen LogP contribution in [0.4, 0.5) is 5.82 Å². The molecule has 0 unspecified atom stereocenters. The molecule has 6 nitrogen and oxygen atoms in total. The third-order valence-electron chi connectivity index (χ3n) is 6.38. The van der Waals surface area contributed by atoms with Gasteiger partial charge in [-0.25, -0.2) is 4.98 Å². The number of aromatic nitrogens is 3. The van der Waals surface area contributed by atoms with Gasteiger partial charge in [-0.15, -0.1) is 0 Å². The number of carbonyl (C=O) groups is 1. The number of ether oxygens (including phenoxy) is 1. The molecule has 5 rings (SSSR count). The van der Waals surface area contributed by atoms with Crippen molar-refractivity contribution in [1.82, 2.24) is 14.8 Å². The maximum Gasteiger partial charge on any atom is 0.257 e. The van der Waals surface area contributed by atoms with Crippen molar-refractivity contribution < 1.29 is 9.53 Å². The van der Waals surface area contributed by atoms with Crippen molar-refractivity contribution in [3.8, 4) is 17.0 Å². The van der Waals surface area contributed by atoms with Crippen molar-refractivity contribution in [3.05, 3.63) is 107 Å². The Morgan fingerprint density at radius 1 is 0.944 bits per heavy atom. The van der Waals surface area contributed by atoms with E-state index in [0.29, 0.717) is 11.4 Å². The largest absolute Gasteiger partial charge is 0.497 e. The molecule has 0 bridgehead atoms. The van der Waals surface area contributed by atoms with E-state index in [1.165, 1.54) is 5.56 Å². The van der Waals surface area contributed by atoms with Crippen LogP contribution >= 0.6 is 0 Å². The molecule has 180 valence electrons. The first kappa shape index (κ1) is 23.3. The van der Waals surface area contributed by atoms with Gasteiger partial charge in [0.1, 0.15) is 5.75 Å². The molecular weight excluding hydrogens is 448 g/mol. The highest BCUT2D eigenvalue weighted by atomic mass is 16.5. The van der Waals surface area contributed by atoms with Gasteiger partial charge in [0.05, 0.1) is 23.9 Å². The molecule has 2 heterocycles. The second-order valence-corrected chi connectivity index (χ2v) is 8.85. The molecule has 5 aromatic rings. The van der Waals surface area contributed by atoms with Crippen LogP contribution < -0.4 is 10.1 Å². The number of hydrogen-bond acceptors (Lipinski definition) is 4. The zero-order valence-corrected chi connectivity index (χ0v) is 20.7. The number of rotatable bonds is 7. The fourth-order valence-corrected chi connectivity index (χ4v) is 4.47. The van der Waals surface area contributed by atoms with Gasteiger partial charge in [0, 0.05) is 30.3 Å². The molecule has 0 fully saturated rings. The maximum atomic E-state index is 13.6. The molecule has 0 saturated carbocycles. The number of amides is 1. The molecule has 3 aromatic carbocycles.